The second-order valence-electron chi connectivity index (χ2n) is 4.73. The normalized spacial score (nSPS) is 10.6. The lowest BCUT2D eigenvalue weighted by molar-refractivity contribution is 0.468. The van der Waals surface area contributed by atoms with E-state index >= 15 is 0 Å². The summed E-state index contributed by atoms with van der Waals surface area (Å²) in [5.74, 6) is 1.60. The lowest BCUT2D eigenvalue weighted by Crippen LogP contribution is -2.13. The molecule has 1 aromatic carbocycles. The van der Waals surface area contributed by atoms with E-state index in [1.54, 1.807) is 0 Å². The van der Waals surface area contributed by atoms with Crippen LogP contribution >= 0.6 is 11.6 Å². The number of pyridine rings is 1. The van der Waals surface area contributed by atoms with Gasteiger partial charge in [0.05, 0.1) is 0 Å². The van der Waals surface area contributed by atoms with E-state index in [4.69, 9.17) is 16.3 Å². The molecule has 0 aliphatic carbocycles. The molecule has 0 fully saturated rings. The number of nitrogens with zero attached hydrogens (tertiary/aromatic N) is 1. The third-order valence-corrected chi connectivity index (χ3v) is 3.25. The number of rotatable bonds is 5. The van der Waals surface area contributed by atoms with Crippen molar-refractivity contribution in [3.8, 4) is 11.5 Å². The molecule has 2 aromatic rings. The van der Waals surface area contributed by atoms with Gasteiger partial charge in [-0.15, -0.1) is 0 Å². The summed E-state index contributed by atoms with van der Waals surface area (Å²) in [7, 11) is 0. The summed E-state index contributed by atoms with van der Waals surface area (Å²) in [5, 5.41) is 3.96. The van der Waals surface area contributed by atoms with Crippen molar-refractivity contribution in [1.82, 2.24) is 10.3 Å². The third kappa shape index (κ3) is 3.71. The SMILES string of the molecule is CCNCc1cnc(C)cc1Oc1cc(Cl)ccc1C. The van der Waals surface area contributed by atoms with Gasteiger partial charge in [-0.05, 0) is 38.1 Å². The van der Waals surface area contributed by atoms with Crippen molar-refractivity contribution in [1.29, 1.82) is 0 Å². The summed E-state index contributed by atoms with van der Waals surface area (Å²) in [6, 6.07) is 7.60. The molecule has 0 unspecified atom stereocenters. The van der Waals surface area contributed by atoms with Crippen LogP contribution in [0.5, 0.6) is 11.5 Å². The number of hydrogen-bond donors (Lipinski definition) is 1. The van der Waals surface area contributed by atoms with E-state index in [-0.39, 0.29) is 0 Å². The summed E-state index contributed by atoms with van der Waals surface area (Å²) >= 11 is 6.03. The maximum atomic E-state index is 6.03. The minimum absolute atomic E-state index is 0.671. The van der Waals surface area contributed by atoms with Gasteiger partial charge in [0.2, 0.25) is 0 Å². The molecule has 4 heteroatoms. The first-order valence-corrected chi connectivity index (χ1v) is 7.08. The van der Waals surface area contributed by atoms with Crippen LogP contribution in [0.4, 0.5) is 0 Å². The Hall–Kier alpha value is -1.58. The first-order valence-electron chi connectivity index (χ1n) is 6.70. The molecule has 2 rings (SSSR count). The Morgan fingerprint density at radius 3 is 2.75 bits per heavy atom. The van der Waals surface area contributed by atoms with Gasteiger partial charge < -0.3 is 10.1 Å². The number of ether oxygens (including phenoxy) is 1. The molecule has 20 heavy (non-hydrogen) atoms. The molecule has 1 heterocycles. The van der Waals surface area contributed by atoms with Gasteiger partial charge in [-0.3, -0.25) is 4.98 Å². The number of benzene rings is 1. The zero-order chi connectivity index (χ0) is 14.5. The molecule has 106 valence electrons. The fraction of sp³-hybridized carbons (Fsp3) is 0.312. The zero-order valence-electron chi connectivity index (χ0n) is 12.0. The highest BCUT2D eigenvalue weighted by Crippen LogP contribution is 2.30. The Bertz CT molecular complexity index is 599. The molecule has 0 saturated carbocycles. The van der Waals surface area contributed by atoms with Crippen LogP contribution in [0.2, 0.25) is 5.02 Å². The summed E-state index contributed by atoms with van der Waals surface area (Å²) in [4.78, 5) is 4.33. The van der Waals surface area contributed by atoms with E-state index in [0.717, 1.165) is 41.4 Å². The fourth-order valence-corrected chi connectivity index (χ4v) is 2.01. The highest BCUT2D eigenvalue weighted by molar-refractivity contribution is 6.30. The van der Waals surface area contributed by atoms with Gasteiger partial charge in [0.1, 0.15) is 11.5 Å². The Kier molecular flexibility index (Phi) is 4.99. The molecule has 1 N–H and O–H groups in total. The van der Waals surface area contributed by atoms with E-state index in [0.29, 0.717) is 5.02 Å². The van der Waals surface area contributed by atoms with Crippen molar-refractivity contribution in [2.24, 2.45) is 0 Å². The minimum Gasteiger partial charge on any atom is -0.457 e. The number of aromatic nitrogens is 1. The van der Waals surface area contributed by atoms with Crippen LogP contribution in [0.3, 0.4) is 0 Å². The summed E-state index contributed by atoms with van der Waals surface area (Å²) in [6.45, 7) is 7.67. The molecule has 0 saturated heterocycles. The molecular weight excluding hydrogens is 272 g/mol. The van der Waals surface area contributed by atoms with Crippen LogP contribution in [0.25, 0.3) is 0 Å². The number of aryl methyl sites for hydroxylation is 2. The minimum atomic E-state index is 0.671. The van der Waals surface area contributed by atoms with E-state index in [9.17, 15) is 0 Å². The average Bonchev–Trinajstić information content (AvgIpc) is 2.42. The first-order chi connectivity index (χ1) is 9.60. The van der Waals surface area contributed by atoms with E-state index in [2.05, 4.69) is 17.2 Å². The molecule has 0 bridgehead atoms. The molecule has 0 radical (unpaired) electrons. The molecule has 0 aliphatic heterocycles. The monoisotopic (exact) mass is 290 g/mol. The largest absolute Gasteiger partial charge is 0.457 e. The van der Waals surface area contributed by atoms with Gasteiger partial charge >= 0.3 is 0 Å². The van der Waals surface area contributed by atoms with Gasteiger partial charge in [-0.1, -0.05) is 24.6 Å². The predicted molar refractivity (Wildman–Crippen MR) is 82.6 cm³/mol. The zero-order valence-corrected chi connectivity index (χ0v) is 12.8. The lowest BCUT2D eigenvalue weighted by Gasteiger charge is -2.14. The smallest absolute Gasteiger partial charge is 0.135 e. The van der Waals surface area contributed by atoms with Crippen LogP contribution in [0.1, 0.15) is 23.7 Å². The molecule has 1 aromatic heterocycles. The van der Waals surface area contributed by atoms with Gasteiger partial charge in [-0.2, -0.15) is 0 Å². The van der Waals surface area contributed by atoms with Crippen molar-refractivity contribution in [2.45, 2.75) is 27.3 Å². The van der Waals surface area contributed by atoms with Crippen LogP contribution in [0.15, 0.2) is 30.5 Å². The standard InChI is InChI=1S/C16H19ClN2O/c1-4-18-9-13-10-19-12(3)7-16(13)20-15-8-14(17)6-5-11(15)2/h5-8,10,18H,4,9H2,1-3H3. The maximum absolute atomic E-state index is 6.03. The van der Waals surface area contributed by atoms with Crippen molar-refractivity contribution in [3.63, 3.8) is 0 Å². The van der Waals surface area contributed by atoms with Crippen LogP contribution in [-0.2, 0) is 6.54 Å². The molecule has 0 atom stereocenters. The Labute approximate surface area is 124 Å². The van der Waals surface area contributed by atoms with Crippen LogP contribution in [-0.4, -0.2) is 11.5 Å². The topological polar surface area (TPSA) is 34.2 Å². The molecule has 0 amide bonds. The van der Waals surface area contributed by atoms with Crippen molar-refractivity contribution in [3.05, 3.63) is 52.3 Å². The van der Waals surface area contributed by atoms with Crippen molar-refractivity contribution >= 4 is 11.6 Å². The maximum Gasteiger partial charge on any atom is 0.135 e. The Balaban J connectivity index is 2.31. The predicted octanol–water partition coefficient (Wildman–Crippen LogP) is 4.25. The lowest BCUT2D eigenvalue weighted by atomic mass is 10.2. The highest BCUT2D eigenvalue weighted by Gasteiger charge is 2.08. The second kappa shape index (κ2) is 6.73. The van der Waals surface area contributed by atoms with Crippen molar-refractivity contribution in [2.75, 3.05) is 6.54 Å². The highest BCUT2D eigenvalue weighted by atomic mass is 35.5. The van der Waals surface area contributed by atoms with E-state index in [1.807, 2.05) is 44.3 Å². The third-order valence-electron chi connectivity index (χ3n) is 3.02. The van der Waals surface area contributed by atoms with Gasteiger partial charge in [-0.25, -0.2) is 0 Å². The number of halogens is 1. The molecular formula is C16H19ClN2O. The average molecular weight is 291 g/mol. The first kappa shape index (κ1) is 14.8. The molecule has 0 aliphatic rings. The van der Waals surface area contributed by atoms with Crippen LogP contribution < -0.4 is 10.1 Å². The molecule has 0 spiro atoms. The quantitative estimate of drug-likeness (QED) is 0.894. The Morgan fingerprint density at radius 2 is 2.00 bits per heavy atom. The number of hydrogen-bond acceptors (Lipinski definition) is 3. The summed E-state index contributed by atoms with van der Waals surface area (Å²) < 4.78 is 6.03. The van der Waals surface area contributed by atoms with Crippen LogP contribution in [0, 0.1) is 13.8 Å². The van der Waals surface area contributed by atoms with Gasteiger partial charge in [0.15, 0.2) is 0 Å². The molecule has 3 nitrogen and oxygen atoms in total. The summed E-state index contributed by atoms with van der Waals surface area (Å²) in [5.41, 5.74) is 3.02. The van der Waals surface area contributed by atoms with Gasteiger partial charge in [0, 0.05) is 35.1 Å². The van der Waals surface area contributed by atoms with Gasteiger partial charge in [0.25, 0.3) is 0 Å². The van der Waals surface area contributed by atoms with E-state index in [1.165, 1.54) is 0 Å². The fourth-order valence-electron chi connectivity index (χ4n) is 1.85. The Morgan fingerprint density at radius 1 is 1.20 bits per heavy atom. The number of nitrogens with one attached hydrogen (secondary N) is 1. The van der Waals surface area contributed by atoms with E-state index < -0.39 is 0 Å². The second-order valence-corrected chi connectivity index (χ2v) is 5.16. The summed E-state index contributed by atoms with van der Waals surface area (Å²) in [6.07, 6.45) is 1.85. The van der Waals surface area contributed by atoms with Crippen molar-refractivity contribution < 1.29 is 4.74 Å².